The molecule has 1 aliphatic carbocycles. The molecule has 1 aromatic heterocycles. The number of fused-ring (bicyclic) bond motifs is 1. The monoisotopic (exact) mass is 330 g/mol. The maximum atomic E-state index is 10.1. The van der Waals surface area contributed by atoms with E-state index < -0.39 is 0 Å². The predicted molar refractivity (Wildman–Crippen MR) is 80.8 cm³/mol. The van der Waals surface area contributed by atoms with E-state index in [9.17, 15) is 10.4 Å². The van der Waals surface area contributed by atoms with Crippen LogP contribution in [0, 0.1) is 18.3 Å². The molecule has 0 spiro atoms. The van der Waals surface area contributed by atoms with Gasteiger partial charge in [0.15, 0.2) is 0 Å². The van der Waals surface area contributed by atoms with Gasteiger partial charge in [-0.2, -0.15) is 5.26 Å². The number of aromatic nitrogens is 1. The number of hydrogen-bond acceptors (Lipinski definition) is 2. The first-order valence-electron chi connectivity index (χ1n) is 6.71. The zero-order valence-corrected chi connectivity index (χ0v) is 12.8. The molecule has 1 aliphatic rings. The van der Waals surface area contributed by atoms with Gasteiger partial charge in [-0.05, 0) is 50.5 Å². The third-order valence-corrected chi connectivity index (χ3v) is 4.38. The van der Waals surface area contributed by atoms with Gasteiger partial charge in [-0.3, -0.25) is 0 Å². The van der Waals surface area contributed by atoms with Gasteiger partial charge in [-0.25, -0.2) is 0 Å². The summed E-state index contributed by atoms with van der Waals surface area (Å²) < 4.78 is 3.01. The van der Waals surface area contributed by atoms with Crippen LogP contribution in [0.1, 0.15) is 41.5 Å². The van der Waals surface area contributed by atoms with Crippen molar-refractivity contribution < 1.29 is 5.11 Å². The highest BCUT2D eigenvalue weighted by Crippen LogP contribution is 2.35. The Morgan fingerprint density at radius 2 is 2.20 bits per heavy atom. The van der Waals surface area contributed by atoms with Gasteiger partial charge >= 0.3 is 0 Å². The minimum absolute atomic E-state index is 0.375. The molecule has 20 heavy (non-hydrogen) atoms. The average Bonchev–Trinajstić information content (AvgIpc) is 2.77. The Kier molecular flexibility index (Phi) is 3.41. The third kappa shape index (κ3) is 2.07. The Morgan fingerprint density at radius 3 is 2.95 bits per heavy atom. The van der Waals surface area contributed by atoms with Crippen LogP contribution in [0.15, 0.2) is 28.7 Å². The SMILES string of the molecule is Cc1cc2c(n1-c1ccc(Br)cc1C#N)CCCC2O. The summed E-state index contributed by atoms with van der Waals surface area (Å²) >= 11 is 3.40. The average molecular weight is 331 g/mol. The molecular weight excluding hydrogens is 316 g/mol. The Morgan fingerprint density at radius 1 is 1.40 bits per heavy atom. The predicted octanol–water partition coefficient (Wildman–Crippen LogP) is 3.79. The number of aliphatic hydroxyl groups is 1. The molecule has 0 fully saturated rings. The minimum atomic E-state index is -0.375. The van der Waals surface area contributed by atoms with Crippen LogP contribution in [0.25, 0.3) is 5.69 Å². The van der Waals surface area contributed by atoms with E-state index in [0.717, 1.165) is 46.4 Å². The minimum Gasteiger partial charge on any atom is -0.388 e. The van der Waals surface area contributed by atoms with Gasteiger partial charge < -0.3 is 9.67 Å². The van der Waals surface area contributed by atoms with E-state index in [0.29, 0.717) is 5.56 Å². The van der Waals surface area contributed by atoms with E-state index in [1.165, 1.54) is 0 Å². The summed E-state index contributed by atoms with van der Waals surface area (Å²) in [7, 11) is 0. The van der Waals surface area contributed by atoms with Crippen LogP contribution >= 0.6 is 15.9 Å². The lowest BCUT2D eigenvalue weighted by Gasteiger charge is -2.21. The van der Waals surface area contributed by atoms with E-state index in [2.05, 4.69) is 26.6 Å². The fourth-order valence-electron chi connectivity index (χ4n) is 3.01. The molecule has 2 aromatic rings. The summed E-state index contributed by atoms with van der Waals surface area (Å²) in [5.74, 6) is 0. The van der Waals surface area contributed by atoms with E-state index in [-0.39, 0.29) is 6.10 Å². The van der Waals surface area contributed by atoms with Crippen LogP contribution < -0.4 is 0 Å². The molecule has 1 atom stereocenters. The van der Waals surface area contributed by atoms with Crippen LogP contribution in [0.4, 0.5) is 0 Å². The standard InChI is InChI=1S/C16H15BrN2O/c1-10-7-13-15(3-2-4-16(13)20)19(10)14-6-5-12(17)8-11(14)9-18/h5-8,16,20H,2-4H2,1H3. The second-order valence-electron chi connectivity index (χ2n) is 5.20. The van der Waals surface area contributed by atoms with Crippen molar-refractivity contribution >= 4 is 15.9 Å². The van der Waals surface area contributed by atoms with Crippen molar-refractivity contribution in [2.24, 2.45) is 0 Å². The first-order valence-corrected chi connectivity index (χ1v) is 7.50. The number of aryl methyl sites for hydroxylation is 1. The van der Waals surface area contributed by atoms with E-state index in [1.54, 1.807) is 0 Å². The number of hydrogen-bond donors (Lipinski definition) is 1. The summed E-state index contributed by atoms with van der Waals surface area (Å²) in [6.07, 6.45) is 2.37. The number of nitriles is 1. The largest absolute Gasteiger partial charge is 0.388 e. The lowest BCUT2D eigenvalue weighted by Crippen LogP contribution is -2.12. The number of rotatable bonds is 1. The summed E-state index contributed by atoms with van der Waals surface area (Å²) in [4.78, 5) is 0. The molecule has 0 aliphatic heterocycles. The topological polar surface area (TPSA) is 49.0 Å². The van der Waals surface area contributed by atoms with Gasteiger partial charge in [0, 0.05) is 21.4 Å². The summed E-state index contributed by atoms with van der Waals surface area (Å²) in [5.41, 5.74) is 4.75. The Hall–Kier alpha value is -1.57. The third-order valence-electron chi connectivity index (χ3n) is 3.89. The molecule has 1 aromatic carbocycles. The summed E-state index contributed by atoms with van der Waals surface area (Å²) in [6, 6.07) is 10.0. The zero-order valence-electron chi connectivity index (χ0n) is 11.2. The lowest BCUT2D eigenvalue weighted by molar-refractivity contribution is 0.156. The van der Waals surface area contributed by atoms with Crippen molar-refractivity contribution in [1.82, 2.24) is 4.57 Å². The maximum absolute atomic E-state index is 10.1. The second-order valence-corrected chi connectivity index (χ2v) is 6.12. The molecule has 102 valence electrons. The van der Waals surface area contributed by atoms with Crippen molar-refractivity contribution in [2.75, 3.05) is 0 Å². The summed E-state index contributed by atoms with van der Waals surface area (Å²) in [5, 5.41) is 19.5. The fraction of sp³-hybridized carbons (Fsp3) is 0.312. The van der Waals surface area contributed by atoms with Crippen molar-refractivity contribution in [1.29, 1.82) is 5.26 Å². The van der Waals surface area contributed by atoms with Gasteiger partial charge in [-0.15, -0.1) is 0 Å². The summed E-state index contributed by atoms with van der Waals surface area (Å²) in [6.45, 7) is 2.02. The molecule has 3 nitrogen and oxygen atoms in total. The molecule has 3 rings (SSSR count). The van der Waals surface area contributed by atoms with E-state index in [4.69, 9.17) is 0 Å². The molecule has 4 heteroatoms. The van der Waals surface area contributed by atoms with Gasteiger partial charge in [0.25, 0.3) is 0 Å². The maximum Gasteiger partial charge on any atom is 0.101 e. The molecule has 0 saturated carbocycles. The zero-order chi connectivity index (χ0) is 14.3. The van der Waals surface area contributed by atoms with Gasteiger partial charge in [-0.1, -0.05) is 15.9 Å². The molecule has 1 unspecified atom stereocenters. The fourth-order valence-corrected chi connectivity index (χ4v) is 3.37. The van der Waals surface area contributed by atoms with Crippen molar-refractivity contribution in [3.05, 3.63) is 51.3 Å². The highest BCUT2D eigenvalue weighted by Gasteiger charge is 2.24. The van der Waals surface area contributed by atoms with Crippen LogP contribution in [-0.4, -0.2) is 9.67 Å². The number of aliphatic hydroxyl groups excluding tert-OH is 1. The quantitative estimate of drug-likeness (QED) is 0.864. The molecule has 1 N–H and O–H groups in total. The van der Waals surface area contributed by atoms with Gasteiger partial charge in [0.05, 0.1) is 17.4 Å². The molecule has 0 amide bonds. The normalized spacial score (nSPS) is 17.6. The van der Waals surface area contributed by atoms with E-state index >= 15 is 0 Å². The Balaban J connectivity index is 2.24. The van der Waals surface area contributed by atoms with Crippen LogP contribution in [0.2, 0.25) is 0 Å². The van der Waals surface area contributed by atoms with Gasteiger partial charge in [0.2, 0.25) is 0 Å². The second kappa shape index (κ2) is 5.08. The first-order chi connectivity index (χ1) is 9.61. The van der Waals surface area contributed by atoms with Crippen molar-refractivity contribution in [3.63, 3.8) is 0 Å². The molecule has 0 bridgehead atoms. The molecule has 0 saturated heterocycles. The molecule has 0 radical (unpaired) electrons. The number of nitrogens with zero attached hydrogens (tertiary/aromatic N) is 2. The van der Waals surface area contributed by atoms with Crippen LogP contribution in [0.3, 0.4) is 0 Å². The highest BCUT2D eigenvalue weighted by molar-refractivity contribution is 9.10. The van der Waals surface area contributed by atoms with Gasteiger partial charge in [0.1, 0.15) is 6.07 Å². The highest BCUT2D eigenvalue weighted by atomic mass is 79.9. The number of benzene rings is 1. The Bertz CT molecular complexity index is 712. The van der Waals surface area contributed by atoms with E-state index in [1.807, 2.05) is 31.2 Å². The smallest absolute Gasteiger partial charge is 0.101 e. The first kappa shape index (κ1) is 13.4. The molecular formula is C16H15BrN2O. The number of halogens is 1. The molecule has 1 heterocycles. The lowest BCUT2D eigenvalue weighted by atomic mass is 9.95. The Labute approximate surface area is 126 Å². The van der Waals surface area contributed by atoms with Crippen molar-refractivity contribution in [2.45, 2.75) is 32.3 Å². The van der Waals surface area contributed by atoms with Crippen molar-refractivity contribution in [3.8, 4) is 11.8 Å². The van der Waals surface area contributed by atoms with Crippen LogP contribution in [-0.2, 0) is 6.42 Å². The van der Waals surface area contributed by atoms with Crippen LogP contribution in [0.5, 0.6) is 0 Å².